The predicted molar refractivity (Wildman–Crippen MR) is 64.2 cm³/mol. The van der Waals surface area contributed by atoms with E-state index in [4.69, 9.17) is 0 Å². The van der Waals surface area contributed by atoms with Crippen molar-refractivity contribution < 1.29 is 5.11 Å². The highest BCUT2D eigenvalue weighted by Crippen LogP contribution is 2.21. The third kappa shape index (κ3) is 3.59. The summed E-state index contributed by atoms with van der Waals surface area (Å²) in [6, 6.07) is 0.285. The molecule has 0 bridgehead atoms. The summed E-state index contributed by atoms with van der Waals surface area (Å²) < 4.78 is 1.87. The predicted octanol–water partition coefficient (Wildman–Crippen LogP) is 2.20. The Morgan fingerprint density at radius 3 is 2.50 bits per heavy atom. The zero-order valence-electron chi connectivity index (χ0n) is 10.9. The van der Waals surface area contributed by atoms with Crippen LogP contribution in [0.25, 0.3) is 0 Å². The topological polar surface area (TPSA) is 50.9 Å². The zero-order chi connectivity index (χ0) is 12.3. The Kier molecular flexibility index (Phi) is 4.08. The third-order valence-electron chi connectivity index (χ3n) is 2.52. The van der Waals surface area contributed by atoms with Crippen LogP contribution in [0.1, 0.15) is 52.9 Å². The van der Waals surface area contributed by atoms with E-state index in [1.54, 1.807) is 6.33 Å². The largest absolute Gasteiger partial charge is 0.390 e. The van der Waals surface area contributed by atoms with Crippen LogP contribution in [0.15, 0.2) is 6.33 Å². The third-order valence-corrected chi connectivity index (χ3v) is 2.52. The molecule has 0 aliphatic carbocycles. The average molecular weight is 225 g/mol. The molecule has 1 N–H and O–H groups in total. The lowest BCUT2D eigenvalue weighted by Crippen LogP contribution is -2.31. The molecule has 0 aromatic carbocycles. The molecule has 4 heteroatoms. The van der Waals surface area contributed by atoms with E-state index in [0.29, 0.717) is 12.3 Å². The highest BCUT2D eigenvalue weighted by Gasteiger charge is 2.25. The van der Waals surface area contributed by atoms with Gasteiger partial charge in [0.25, 0.3) is 0 Å². The van der Waals surface area contributed by atoms with Gasteiger partial charge in [0.2, 0.25) is 0 Å². The molecule has 1 heterocycles. The zero-order valence-corrected chi connectivity index (χ0v) is 10.9. The van der Waals surface area contributed by atoms with Crippen molar-refractivity contribution in [1.82, 2.24) is 14.8 Å². The maximum absolute atomic E-state index is 10.3. The summed E-state index contributed by atoms with van der Waals surface area (Å²) in [4.78, 5) is 4.22. The molecule has 0 saturated heterocycles. The highest BCUT2D eigenvalue weighted by atomic mass is 16.3. The minimum Gasteiger partial charge on any atom is -0.390 e. The number of hydrogen-bond donors (Lipinski definition) is 1. The molecular weight excluding hydrogens is 202 g/mol. The van der Waals surface area contributed by atoms with Crippen molar-refractivity contribution in [3.8, 4) is 0 Å². The summed E-state index contributed by atoms with van der Waals surface area (Å²) in [6.07, 6.45) is 2.89. The monoisotopic (exact) mass is 225 g/mol. The Morgan fingerprint density at radius 1 is 1.38 bits per heavy atom. The van der Waals surface area contributed by atoms with Gasteiger partial charge in [-0.2, -0.15) is 5.10 Å². The summed E-state index contributed by atoms with van der Waals surface area (Å²) in [5, 5.41) is 14.5. The van der Waals surface area contributed by atoms with Gasteiger partial charge in [-0.3, -0.25) is 0 Å². The van der Waals surface area contributed by atoms with Crippen LogP contribution < -0.4 is 0 Å². The van der Waals surface area contributed by atoms with E-state index in [-0.39, 0.29) is 6.04 Å². The summed E-state index contributed by atoms with van der Waals surface area (Å²) in [7, 11) is 0. The lowest BCUT2D eigenvalue weighted by atomic mass is 9.91. The number of rotatable bonds is 5. The van der Waals surface area contributed by atoms with E-state index in [1.807, 2.05) is 11.6 Å². The van der Waals surface area contributed by atoms with Gasteiger partial charge in [-0.05, 0) is 33.1 Å². The Balaban J connectivity index is 2.75. The molecule has 0 saturated carbocycles. The van der Waals surface area contributed by atoms with Crippen molar-refractivity contribution in [3.63, 3.8) is 0 Å². The molecule has 1 aromatic heterocycles. The van der Waals surface area contributed by atoms with Crippen LogP contribution in [0.4, 0.5) is 0 Å². The standard InChI is InChI=1S/C12H23N3O/c1-9(2)6-12(5,16)7-11-13-8-14-15(11)10(3)4/h8-10,16H,6-7H2,1-5H3. The van der Waals surface area contributed by atoms with Crippen molar-refractivity contribution in [3.05, 3.63) is 12.2 Å². The lowest BCUT2D eigenvalue weighted by molar-refractivity contribution is 0.0356. The van der Waals surface area contributed by atoms with Crippen LogP contribution in [-0.4, -0.2) is 25.5 Å². The molecule has 0 spiro atoms. The van der Waals surface area contributed by atoms with Crippen LogP contribution in [0, 0.1) is 5.92 Å². The van der Waals surface area contributed by atoms with Gasteiger partial charge in [-0.1, -0.05) is 13.8 Å². The molecule has 1 aromatic rings. The van der Waals surface area contributed by atoms with E-state index < -0.39 is 5.60 Å². The number of aromatic nitrogens is 3. The maximum atomic E-state index is 10.3. The van der Waals surface area contributed by atoms with Gasteiger partial charge in [0.15, 0.2) is 0 Å². The Bertz CT molecular complexity index is 329. The van der Waals surface area contributed by atoms with Crippen molar-refractivity contribution >= 4 is 0 Å². The van der Waals surface area contributed by atoms with Crippen LogP contribution in [0.3, 0.4) is 0 Å². The van der Waals surface area contributed by atoms with Crippen LogP contribution in [0.2, 0.25) is 0 Å². The molecule has 0 fully saturated rings. The maximum Gasteiger partial charge on any atom is 0.138 e. The van der Waals surface area contributed by atoms with Gasteiger partial charge in [-0.25, -0.2) is 9.67 Å². The Morgan fingerprint density at radius 2 is 2.00 bits per heavy atom. The molecule has 92 valence electrons. The molecule has 0 amide bonds. The first kappa shape index (κ1) is 13.2. The molecule has 4 nitrogen and oxygen atoms in total. The lowest BCUT2D eigenvalue weighted by Gasteiger charge is -2.25. The van der Waals surface area contributed by atoms with Crippen LogP contribution in [-0.2, 0) is 6.42 Å². The molecule has 1 atom stereocenters. The summed E-state index contributed by atoms with van der Waals surface area (Å²) in [6.45, 7) is 10.2. The van der Waals surface area contributed by atoms with Gasteiger partial charge in [0, 0.05) is 12.5 Å². The highest BCUT2D eigenvalue weighted by molar-refractivity contribution is 4.94. The molecule has 1 unspecified atom stereocenters. The second-order valence-corrected chi connectivity index (χ2v) is 5.49. The summed E-state index contributed by atoms with van der Waals surface area (Å²) in [5.41, 5.74) is -0.701. The summed E-state index contributed by atoms with van der Waals surface area (Å²) in [5.74, 6) is 1.34. The van der Waals surface area contributed by atoms with Crippen molar-refractivity contribution in [2.75, 3.05) is 0 Å². The first-order valence-corrected chi connectivity index (χ1v) is 5.92. The van der Waals surface area contributed by atoms with Gasteiger partial charge in [0.05, 0.1) is 5.60 Å². The van der Waals surface area contributed by atoms with Gasteiger partial charge in [0.1, 0.15) is 12.2 Å². The van der Waals surface area contributed by atoms with Crippen molar-refractivity contribution in [2.45, 2.75) is 59.1 Å². The van der Waals surface area contributed by atoms with Crippen LogP contribution in [0.5, 0.6) is 0 Å². The number of aliphatic hydroxyl groups is 1. The SMILES string of the molecule is CC(C)CC(C)(O)Cc1ncnn1C(C)C. The molecule has 16 heavy (non-hydrogen) atoms. The summed E-state index contributed by atoms with van der Waals surface area (Å²) >= 11 is 0. The van der Waals surface area contributed by atoms with E-state index in [0.717, 1.165) is 12.2 Å². The van der Waals surface area contributed by atoms with E-state index in [9.17, 15) is 5.11 Å². The van der Waals surface area contributed by atoms with Gasteiger partial charge in [-0.15, -0.1) is 0 Å². The normalized spacial score (nSPS) is 15.8. The minimum atomic E-state index is -0.701. The quantitative estimate of drug-likeness (QED) is 0.835. The molecule has 0 radical (unpaired) electrons. The van der Waals surface area contributed by atoms with Crippen molar-refractivity contribution in [1.29, 1.82) is 0 Å². The fourth-order valence-electron chi connectivity index (χ4n) is 2.12. The minimum absolute atomic E-state index is 0.285. The van der Waals surface area contributed by atoms with Crippen molar-refractivity contribution in [2.24, 2.45) is 5.92 Å². The fraction of sp³-hybridized carbons (Fsp3) is 0.833. The smallest absolute Gasteiger partial charge is 0.138 e. The first-order valence-electron chi connectivity index (χ1n) is 5.92. The molecule has 0 aliphatic heterocycles. The van der Waals surface area contributed by atoms with Gasteiger partial charge < -0.3 is 5.11 Å². The number of hydrogen-bond acceptors (Lipinski definition) is 3. The fourth-order valence-corrected chi connectivity index (χ4v) is 2.12. The van der Waals surface area contributed by atoms with Crippen LogP contribution >= 0.6 is 0 Å². The average Bonchev–Trinajstić information content (AvgIpc) is 2.48. The Labute approximate surface area is 97.7 Å². The first-order chi connectivity index (χ1) is 7.32. The van der Waals surface area contributed by atoms with E-state index in [2.05, 4.69) is 37.8 Å². The van der Waals surface area contributed by atoms with E-state index >= 15 is 0 Å². The Hall–Kier alpha value is -0.900. The second kappa shape index (κ2) is 4.95. The molecule has 0 aliphatic rings. The van der Waals surface area contributed by atoms with E-state index in [1.165, 1.54) is 0 Å². The molecule has 1 rings (SSSR count). The number of nitrogens with zero attached hydrogens (tertiary/aromatic N) is 3. The van der Waals surface area contributed by atoms with Gasteiger partial charge >= 0.3 is 0 Å². The second-order valence-electron chi connectivity index (χ2n) is 5.49. The molecular formula is C12H23N3O.